The summed E-state index contributed by atoms with van der Waals surface area (Å²) < 4.78 is 10.6. The van der Waals surface area contributed by atoms with Crippen LogP contribution in [0, 0.1) is 0 Å². The number of ether oxygens (including phenoxy) is 2. The summed E-state index contributed by atoms with van der Waals surface area (Å²) >= 11 is 0. The van der Waals surface area contributed by atoms with Crippen LogP contribution in [0.15, 0.2) is 48.5 Å². The van der Waals surface area contributed by atoms with E-state index < -0.39 is 0 Å². The number of para-hydroxylation sites is 2. The topological polar surface area (TPSA) is 76.7 Å². The summed E-state index contributed by atoms with van der Waals surface area (Å²) in [7, 11) is 1.57. The van der Waals surface area contributed by atoms with E-state index in [9.17, 15) is 9.59 Å². The smallest absolute Gasteiger partial charge is 0.262 e. The van der Waals surface area contributed by atoms with Crippen LogP contribution in [0.2, 0.25) is 0 Å². The lowest BCUT2D eigenvalue weighted by Crippen LogP contribution is -2.29. The van der Waals surface area contributed by atoms with Gasteiger partial charge in [-0.1, -0.05) is 44.2 Å². The summed E-state index contributed by atoms with van der Waals surface area (Å²) in [5.74, 6) is 0.383. The second kappa shape index (κ2) is 10.3. The molecule has 0 heterocycles. The number of methoxy groups -OCH3 is 1. The highest BCUT2D eigenvalue weighted by atomic mass is 16.5. The fourth-order valence-electron chi connectivity index (χ4n) is 2.57. The second-order valence-corrected chi connectivity index (χ2v) is 6.32. The molecule has 144 valence electrons. The molecule has 2 aromatic carbocycles. The van der Waals surface area contributed by atoms with E-state index in [2.05, 4.69) is 24.5 Å². The lowest BCUT2D eigenvalue weighted by molar-refractivity contribution is -0.118. The maximum atomic E-state index is 12.3. The van der Waals surface area contributed by atoms with E-state index in [0.29, 0.717) is 36.1 Å². The summed E-state index contributed by atoms with van der Waals surface area (Å²) in [4.78, 5) is 24.6. The quantitative estimate of drug-likeness (QED) is 0.665. The highest BCUT2D eigenvalue weighted by molar-refractivity contribution is 6.04. The number of hydrogen-bond acceptors (Lipinski definition) is 4. The molecule has 0 atom stereocenters. The number of nitrogens with one attached hydrogen (secondary N) is 2. The molecule has 0 aliphatic carbocycles. The molecule has 2 rings (SSSR count). The highest BCUT2D eigenvalue weighted by Crippen LogP contribution is 2.25. The Morgan fingerprint density at radius 1 is 1.04 bits per heavy atom. The van der Waals surface area contributed by atoms with Gasteiger partial charge in [-0.05, 0) is 29.7 Å². The van der Waals surface area contributed by atoms with E-state index >= 15 is 0 Å². The van der Waals surface area contributed by atoms with Crippen molar-refractivity contribution in [2.75, 3.05) is 32.2 Å². The first-order chi connectivity index (χ1) is 13.0. The van der Waals surface area contributed by atoms with E-state index in [4.69, 9.17) is 9.47 Å². The third-order valence-electron chi connectivity index (χ3n) is 3.94. The maximum Gasteiger partial charge on any atom is 0.262 e. The number of hydrogen-bond donors (Lipinski definition) is 2. The van der Waals surface area contributed by atoms with Gasteiger partial charge in [0.15, 0.2) is 6.61 Å². The van der Waals surface area contributed by atoms with Gasteiger partial charge in [-0.2, -0.15) is 0 Å². The Morgan fingerprint density at radius 3 is 2.48 bits per heavy atom. The minimum Gasteiger partial charge on any atom is -0.483 e. The van der Waals surface area contributed by atoms with Crippen molar-refractivity contribution < 1.29 is 19.1 Å². The van der Waals surface area contributed by atoms with Crippen LogP contribution in [-0.2, 0) is 9.53 Å². The standard InChI is InChI=1S/C21H26N2O4/c1-15(2)16-8-5-7-11-19(16)27-14-20(24)23-18-10-6-4-9-17(18)21(25)22-12-13-26-3/h4-11,15H,12-14H2,1-3H3,(H,22,25)(H,23,24). The van der Waals surface area contributed by atoms with Gasteiger partial charge in [-0.15, -0.1) is 0 Å². The third kappa shape index (κ3) is 6.11. The van der Waals surface area contributed by atoms with E-state index in [1.54, 1.807) is 31.4 Å². The molecule has 2 N–H and O–H groups in total. The van der Waals surface area contributed by atoms with Gasteiger partial charge in [0, 0.05) is 13.7 Å². The van der Waals surface area contributed by atoms with Crippen molar-refractivity contribution in [2.45, 2.75) is 19.8 Å². The van der Waals surface area contributed by atoms with E-state index in [0.717, 1.165) is 5.56 Å². The minimum atomic E-state index is -0.328. The number of benzene rings is 2. The highest BCUT2D eigenvalue weighted by Gasteiger charge is 2.14. The Kier molecular flexibility index (Phi) is 7.82. The molecule has 0 saturated carbocycles. The molecule has 2 amide bonds. The van der Waals surface area contributed by atoms with E-state index in [1.165, 1.54) is 0 Å². The number of carbonyl (C=O) groups excluding carboxylic acids is 2. The zero-order valence-electron chi connectivity index (χ0n) is 16.0. The average molecular weight is 370 g/mol. The zero-order valence-corrected chi connectivity index (χ0v) is 16.0. The van der Waals surface area contributed by atoms with Crippen LogP contribution >= 0.6 is 0 Å². The number of carbonyl (C=O) groups is 2. The molecule has 0 aliphatic rings. The van der Waals surface area contributed by atoms with Crippen LogP contribution in [0.25, 0.3) is 0 Å². The van der Waals surface area contributed by atoms with Crippen molar-refractivity contribution in [3.8, 4) is 5.75 Å². The fourth-order valence-corrected chi connectivity index (χ4v) is 2.57. The molecular formula is C21H26N2O4. The van der Waals surface area contributed by atoms with Gasteiger partial charge in [0.1, 0.15) is 5.75 Å². The van der Waals surface area contributed by atoms with Crippen LogP contribution < -0.4 is 15.4 Å². The van der Waals surface area contributed by atoms with Gasteiger partial charge in [0.2, 0.25) is 0 Å². The largest absolute Gasteiger partial charge is 0.483 e. The monoisotopic (exact) mass is 370 g/mol. The summed E-state index contributed by atoms with van der Waals surface area (Å²) in [5.41, 5.74) is 1.88. The van der Waals surface area contributed by atoms with E-state index in [1.807, 2.05) is 24.3 Å². The predicted molar refractivity (Wildman–Crippen MR) is 105 cm³/mol. The molecule has 6 nitrogen and oxygen atoms in total. The Bertz CT molecular complexity index is 774. The van der Waals surface area contributed by atoms with Crippen molar-refractivity contribution in [1.82, 2.24) is 5.32 Å². The molecule has 0 fully saturated rings. The Morgan fingerprint density at radius 2 is 1.74 bits per heavy atom. The normalized spacial score (nSPS) is 10.5. The van der Waals surface area contributed by atoms with Gasteiger partial charge in [-0.25, -0.2) is 0 Å². The van der Waals surface area contributed by atoms with Crippen molar-refractivity contribution in [3.05, 3.63) is 59.7 Å². The van der Waals surface area contributed by atoms with Crippen molar-refractivity contribution in [2.24, 2.45) is 0 Å². The summed E-state index contributed by atoms with van der Waals surface area (Å²) in [6.45, 7) is 4.82. The number of anilines is 1. The maximum absolute atomic E-state index is 12.3. The third-order valence-corrected chi connectivity index (χ3v) is 3.94. The van der Waals surface area contributed by atoms with Gasteiger partial charge in [-0.3, -0.25) is 9.59 Å². The summed E-state index contributed by atoms with van der Waals surface area (Å²) in [5, 5.41) is 5.49. The molecule has 0 spiro atoms. The second-order valence-electron chi connectivity index (χ2n) is 6.32. The molecule has 0 aliphatic heterocycles. The summed E-state index contributed by atoms with van der Waals surface area (Å²) in [6, 6.07) is 14.5. The van der Waals surface area contributed by atoms with Crippen LogP contribution in [0.5, 0.6) is 5.75 Å². The van der Waals surface area contributed by atoms with Crippen LogP contribution in [0.1, 0.15) is 35.7 Å². The van der Waals surface area contributed by atoms with Crippen LogP contribution in [0.3, 0.4) is 0 Å². The first-order valence-electron chi connectivity index (χ1n) is 8.90. The predicted octanol–water partition coefficient (Wildman–Crippen LogP) is 3.20. The van der Waals surface area contributed by atoms with Gasteiger partial charge in [0.25, 0.3) is 11.8 Å². The molecule has 0 unspecified atom stereocenters. The van der Waals surface area contributed by atoms with Crippen LogP contribution in [-0.4, -0.2) is 38.7 Å². The minimum absolute atomic E-state index is 0.136. The zero-order chi connectivity index (χ0) is 19.6. The SMILES string of the molecule is COCCNC(=O)c1ccccc1NC(=O)COc1ccccc1C(C)C. The number of amides is 2. The average Bonchev–Trinajstić information content (AvgIpc) is 2.67. The Balaban J connectivity index is 1.99. The first kappa shape index (κ1) is 20.5. The van der Waals surface area contributed by atoms with Gasteiger partial charge < -0.3 is 20.1 Å². The van der Waals surface area contributed by atoms with E-state index in [-0.39, 0.29) is 18.4 Å². The van der Waals surface area contributed by atoms with Crippen molar-refractivity contribution >= 4 is 17.5 Å². The lowest BCUT2D eigenvalue weighted by Gasteiger charge is -2.14. The van der Waals surface area contributed by atoms with Crippen molar-refractivity contribution in [3.63, 3.8) is 0 Å². The fraction of sp³-hybridized carbons (Fsp3) is 0.333. The Hall–Kier alpha value is -2.86. The summed E-state index contributed by atoms with van der Waals surface area (Å²) in [6.07, 6.45) is 0. The molecule has 6 heteroatoms. The molecule has 27 heavy (non-hydrogen) atoms. The molecule has 0 aromatic heterocycles. The Labute approximate surface area is 159 Å². The lowest BCUT2D eigenvalue weighted by atomic mass is 10.0. The molecule has 0 bridgehead atoms. The van der Waals surface area contributed by atoms with Crippen molar-refractivity contribution in [1.29, 1.82) is 0 Å². The molecule has 2 aromatic rings. The molecule has 0 radical (unpaired) electrons. The first-order valence-corrected chi connectivity index (χ1v) is 8.90. The van der Waals surface area contributed by atoms with Gasteiger partial charge >= 0.3 is 0 Å². The van der Waals surface area contributed by atoms with Gasteiger partial charge in [0.05, 0.1) is 17.9 Å². The molecular weight excluding hydrogens is 344 g/mol. The number of rotatable bonds is 9. The molecule has 0 saturated heterocycles. The van der Waals surface area contributed by atoms with Crippen LogP contribution in [0.4, 0.5) is 5.69 Å².